The number of hydrogen-bond acceptors (Lipinski definition) is 6. The zero-order valence-electron chi connectivity index (χ0n) is 18.6. The molecule has 1 aromatic heterocycles. The highest BCUT2D eigenvalue weighted by atomic mass is 32.2. The monoisotopic (exact) mass is 499 g/mol. The van der Waals surface area contributed by atoms with Gasteiger partial charge >= 0.3 is 0 Å². The van der Waals surface area contributed by atoms with Crippen molar-refractivity contribution in [3.63, 3.8) is 0 Å². The van der Waals surface area contributed by atoms with Crippen LogP contribution in [0.2, 0.25) is 0 Å². The highest BCUT2D eigenvalue weighted by molar-refractivity contribution is 7.89. The Morgan fingerprint density at radius 2 is 1.91 bits per heavy atom. The van der Waals surface area contributed by atoms with Gasteiger partial charge < -0.3 is 14.0 Å². The van der Waals surface area contributed by atoms with Crippen molar-refractivity contribution >= 4 is 37.5 Å². The Labute approximate surface area is 201 Å². The number of benzene rings is 2. The number of fused-ring (bicyclic) bond motifs is 2. The van der Waals surface area contributed by atoms with Gasteiger partial charge in [-0.25, -0.2) is 8.42 Å². The van der Waals surface area contributed by atoms with Gasteiger partial charge in [0.05, 0.1) is 21.0 Å². The molecule has 0 aliphatic carbocycles. The number of aromatic nitrogens is 1. The number of thiazole rings is 1. The van der Waals surface area contributed by atoms with E-state index < -0.39 is 15.9 Å². The van der Waals surface area contributed by atoms with Gasteiger partial charge in [-0.1, -0.05) is 35.6 Å². The van der Waals surface area contributed by atoms with Crippen molar-refractivity contribution in [2.45, 2.75) is 24.3 Å². The smallest absolute Gasteiger partial charge is 0.252 e. The van der Waals surface area contributed by atoms with Crippen molar-refractivity contribution in [3.05, 3.63) is 59.9 Å². The number of nitrogens with zero attached hydrogens (tertiary/aromatic N) is 3. The largest absolute Gasteiger partial charge is 0.486 e. The number of rotatable bonds is 5. The molecule has 178 valence electrons. The summed E-state index contributed by atoms with van der Waals surface area (Å²) in [6, 6.07) is 12.1. The standard InChI is InChI=1S/C24H25N3O5S2/c1-2-10-27-19-14-20-21(32-13-12-31-20)15-22(19)33-24(27)25-23(28)17-7-6-11-26(16-17)34(29,30)18-8-4-3-5-9-18/h2-5,8-9,14-15,17H,1,6-7,10-13,16H2. The van der Waals surface area contributed by atoms with Crippen LogP contribution in [0.4, 0.5) is 0 Å². The van der Waals surface area contributed by atoms with Gasteiger partial charge in [-0.05, 0) is 25.0 Å². The minimum absolute atomic E-state index is 0.127. The average molecular weight is 500 g/mol. The summed E-state index contributed by atoms with van der Waals surface area (Å²) in [5.41, 5.74) is 0.887. The minimum atomic E-state index is -3.65. The van der Waals surface area contributed by atoms with Gasteiger partial charge in [0.2, 0.25) is 10.0 Å². The van der Waals surface area contributed by atoms with Crippen molar-refractivity contribution in [1.29, 1.82) is 0 Å². The molecule has 34 heavy (non-hydrogen) atoms. The molecule has 2 aliphatic rings. The molecule has 1 amide bonds. The van der Waals surface area contributed by atoms with Crippen molar-refractivity contribution in [3.8, 4) is 11.5 Å². The molecular weight excluding hydrogens is 474 g/mol. The molecule has 3 aromatic rings. The van der Waals surface area contributed by atoms with E-state index in [0.717, 1.165) is 10.2 Å². The topological polar surface area (TPSA) is 90.2 Å². The van der Waals surface area contributed by atoms with Crippen LogP contribution in [0, 0.1) is 5.92 Å². The van der Waals surface area contributed by atoms with Crippen LogP contribution in [0.5, 0.6) is 11.5 Å². The molecule has 2 aromatic carbocycles. The molecule has 1 fully saturated rings. The van der Waals surface area contributed by atoms with Gasteiger partial charge in [-0.2, -0.15) is 9.30 Å². The molecule has 0 saturated carbocycles. The predicted octanol–water partition coefficient (Wildman–Crippen LogP) is 3.19. The summed E-state index contributed by atoms with van der Waals surface area (Å²) >= 11 is 1.39. The lowest BCUT2D eigenvalue weighted by atomic mass is 9.99. The molecule has 0 bridgehead atoms. The minimum Gasteiger partial charge on any atom is -0.486 e. The first kappa shape index (κ1) is 22.8. The maximum absolute atomic E-state index is 13.2. The highest BCUT2D eigenvalue weighted by Crippen LogP contribution is 2.35. The van der Waals surface area contributed by atoms with Crippen molar-refractivity contribution in [2.75, 3.05) is 26.3 Å². The predicted molar refractivity (Wildman–Crippen MR) is 129 cm³/mol. The fourth-order valence-corrected chi connectivity index (χ4v) is 6.89. The van der Waals surface area contributed by atoms with Gasteiger partial charge in [0.1, 0.15) is 13.2 Å². The Balaban J connectivity index is 1.46. The lowest BCUT2D eigenvalue weighted by Crippen LogP contribution is -2.42. The first-order valence-electron chi connectivity index (χ1n) is 11.1. The van der Waals surface area contributed by atoms with Gasteiger partial charge in [0.15, 0.2) is 16.3 Å². The highest BCUT2D eigenvalue weighted by Gasteiger charge is 2.33. The molecule has 3 heterocycles. The van der Waals surface area contributed by atoms with Crippen LogP contribution in [-0.4, -0.2) is 49.5 Å². The van der Waals surface area contributed by atoms with Crippen molar-refractivity contribution < 1.29 is 22.7 Å². The Morgan fingerprint density at radius 3 is 2.65 bits per heavy atom. The number of sulfonamides is 1. The average Bonchev–Trinajstić information content (AvgIpc) is 3.19. The normalized spacial score (nSPS) is 19.3. The molecule has 0 N–H and O–H groups in total. The van der Waals surface area contributed by atoms with E-state index in [1.165, 1.54) is 15.6 Å². The van der Waals surface area contributed by atoms with Crippen LogP contribution in [0.3, 0.4) is 0 Å². The lowest BCUT2D eigenvalue weighted by molar-refractivity contribution is -0.122. The van der Waals surface area contributed by atoms with E-state index in [4.69, 9.17) is 9.47 Å². The fraction of sp³-hybridized carbons (Fsp3) is 0.333. The second-order valence-corrected chi connectivity index (χ2v) is 11.2. The maximum atomic E-state index is 13.2. The van der Waals surface area contributed by atoms with E-state index in [2.05, 4.69) is 11.6 Å². The van der Waals surface area contributed by atoms with Crippen LogP contribution in [0.25, 0.3) is 10.2 Å². The molecule has 5 rings (SSSR count). The van der Waals surface area contributed by atoms with E-state index in [0.29, 0.717) is 55.4 Å². The van der Waals surface area contributed by atoms with E-state index in [1.807, 2.05) is 16.7 Å². The molecule has 0 spiro atoms. The molecule has 1 atom stereocenters. The van der Waals surface area contributed by atoms with Gasteiger partial charge in [-0.3, -0.25) is 4.79 Å². The number of allylic oxidation sites excluding steroid dienone is 1. The molecule has 2 aliphatic heterocycles. The molecule has 1 unspecified atom stereocenters. The van der Waals surface area contributed by atoms with Gasteiger partial charge in [0.25, 0.3) is 5.91 Å². The number of carbonyl (C=O) groups excluding carboxylic acids is 1. The van der Waals surface area contributed by atoms with E-state index in [9.17, 15) is 13.2 Å². The molecule has 0 radical (unpaired) electrons. The summed E-state index contributed by atoms with van der Waals surface area (Å²) in [5, 5.41) is 0. The number of carbonyl (C=O) groups is 1. The summed E-state index contributed by atoms with van der Waals surface area (Å²) in [4.78, 5) is 18.4. The van der Waals surface area contributed by atoms with Gasteiger partial charge in [0, 0.05) is 31.8 Å². The van der Waals surface area contributed by atoms with Gasteiger partial charge in [-0.15, -0.1) is 6.58 Å². The molecular formula is C24H25N3O5S2. The zero-order chi connectivity index (χ0) is 23.7. The maximum Gasteiger partial charge on any atom is 0.252 e. The van der Waals surface area contributed by atoms with Crippen LogP contribution in [-0.2, 0) is 21.4 Å². The van der Waals surface area contributed by atoms with E-state index >= 15 is 0 Å². The summed E-state index contributed by atoms with van der Waals surface area (Å²) in [7, 11) is -3.65. The third-order valence-corrected chi connectivity index (χ3v) is 8.90. The second-order valence-electron chi connectivity index (χ2n) is 8.21. The lowest BCUT2D eigenvalue weighted by Gasteiger charge is -2.30. The quantitative estimate of drug-likeness (QED) is 0.503. The summed E-state index contributed by atoms with van der Waals surface area (Å²) in [6.45, 7) is 5.82. The first-order valence-corrected chi connectivity index (χ1v) is 13.4. The summed E-state index contributed by atoms with van der Waals surface area (Å²) < 4.78 is 41.7. The van der Waals surface area contributed by atoms with Crippen LogP contribution >= 0.6 is 11.3 Å². The third kappa shape index (κ3) is 4.28. The first-order chi connectivity index (χ1) is 16.5. The van der Waals surface area contributed by atoms with Crippen molar-refractivity contribution in [1.82, 2.24) is 8.87 Å². The van der Waals surface area contributed by atoms with Crippen LogP contribution < -0.4 is 14.3 Å². The second kappa shape index (κ2) is 9.36. The zero-order valence-corrected chi connectivity index (χ0v) is 20.2. The summed E-state index contributed by atoms with van der Waals surface area (Å²) in [6.07, 6.45) is 2.96. The Morgan fingerprint density at radius 1 is 1.18 bits per heavy atom. The number of piperidine rings is 1. The van der Waals surface area contributed by atoms with Crippen LogP contribution in [0.15, 0.2) is 65.0 Å². The molecule has 1 saturated heterocycles. The molecule has 8 nitrogen and oxygen atoms in total. The summed E-state index contributed by atoms with van der Waals surface area (Å²) in [5.74, 6) is 0.544. The number of ether oxygens (including phenoxy) is 2. The van der Waals surface area contributed by atoms with E-state index in [-0.39, 0.29) is 17.3 Å². The molecule has 10 heteroatoms. The Bertz CT molecular complexity index is 1410. The van der Waals surface area contributed by atoms with Crippen LogP contribution in [0.1, 0.15) is 12.8 Å². The SMILES string of the molecule is C=CCn1c(=NC(=O)C2CCCN(S(=O)(=O)c3ccccc3)C2)sc2cc3c(cc21)OCCO3. The number of amides is 1. The Kier molecular flexibility index (Phi) is 6.28. The Hall–Kier alpha value is -2.95. The third-order valence-electron chi connectivity index (χ3n) is 5.98. The number of hydrogen-bond donors (Lipinski definition) is 0. The van der Waals surface area contributed by atoms with E-state index in [1.54, 1.807) is 36.4 Å². The van der Waals surface area contributed by atoms with Crippen molar-refractivity contribution in [2.24, 2.45) is 10.9 Å². The fourth-order valence-electron chi connectivity index (χ4n) is 4.29.